The Labute approximate surface area is 65.5 Å². The van der Waals surface area contributed by atoms with Gasteiger partial charge in [-0.3, -0.25) is 5.32 Å². The van der Waals surface area contributed by atoms with Crippen molar-refractivity contribution in [2.24, 2.45) is 5.73 Å². The minimum absolute atomic E-state index is 0.111. The van der Waals surface area contributed by atoms with Crippen molar-refractivity contribution in [2.75, 3.05) is 0 Å². The fraction of sp³-hybridized carbons (Fsp3) is 1.00. The van der Waals surface area contributed by atoms with E-state index >= 15 is 0 Å². The zero-order chi connectivity index (χ0) is 6.15. The van der Waals surface area contributed by atoms with Gasteiger partial charge in [-0.15, -0.1) is 0 Å². The van der Waals surface area contributed by atoms with E-state index in [0.29, 0.717) is 9.78 Å². The Hall–Kier alpha value is 0.880. The molecule has 0 aromatic carbocycles. The molecule has 1 heterocycles. The van der Waals surface area contributed by atoms with Crippen molar-refractivity contribution < 1.29 is 0 Å². The number of hydrogen-bond donors (Lipinski definition) is 2. The Morgan fingerprint density at radius 1 is 1.50 bits per heavy atom. The van der Waals surface area contributed by atoms with E-state index in [2.05, 4.69) is 37.2 Å². The number of alkyl halides is 2. The maximum Gasteiger partial charge on any atom is 0.0684 e. The molecule has 0 spiro atoms. The van der Waals surface area contributed by atoms with E-state index < -0.39 is 0 Å². The Morgan fingerprint density at radius 2 is 2.12 bits per heavy atom. The molecule has 1 aliphatic rings. The highest BCUT2D eigenvalue weighted by Crippen LogP contribution is 2.20. The summed E-state index contributed by atoms with van der Waals surface area (Å²) in [6.45, 7) is 0. The van der Waals surface area contributed by atoms with E-state index in [1.807, 2.05) is 0 Å². The summed E-state index contributed by atoms with van der Waals surface area (Å²) < 4.78 is 0. The minimum atomic E-state index is 0.111. The second-order valence-corrected chi connectivity index (χ2v) is 4.19. The molecule has 1 rings (SSSR count). The van der Waals surface area contributed by atoms with Crippen LogP contribution in [0.15, 0.2) is 0 Å². The third-order valence-electron chi connectivity index (χ3n) is 1.20. The van der Waals surface area contributed by atoms with Gasteiger partial charge in [0.1, 0.15) is 0 Å². The Kier molecular flexibility index (Phi) is 2.31. The Balaban J connectivity index is 2.39. The topological polar surface area (TPSA) is 38.0 Å². The monoisotopic (exact) mass is 242 g/mol. The minimum Gasteiger partial charge on any atom is -0.315 e. The molecule has 3 atom stereocenters. The van der Waals surface area contributed by atoms with Crippen LogP contribution in [0.25, 0.3) is 0 Å². The van der Waals surface area contributed by atoms with Crippen LogP contribution in [-0.2, 0) is 0 Å². The molecule has 3 unspecified atom stereocenters. The van der Waals surface area contributed by atoms with Gasteiger partial charge in [0.15, 0.2) is 0 Å². The highest BCUT2D eigenvalue weighted by atomic mass is 79.9. The molecule has 0 aromatic heterocycles. The molecule has 0 amide bonds. The molecule has 1 saturated heterocycles. The maximum atomic E-state index is 5.58. The normalized spacial score (nSPS) is 47.6. The first kappa shape index (κ1) is 6.99. The molecule has 4 heteroatoms. The molecule has 48 valence electrons. The highest BCUT2D eigenvalue weighted by molar-refractivity contribution is 9.10. The standard InChI is InChI=1S/C4H8Br2N2/c5-2-1-3(6)8-4(2)7/h2-4,8H,1,7H2. The number of hydrogen-bond acceptors (Lipinski definition) is 2. The molecule has 0 aliphatic carbocycles. The van der Waals surface area contributed by atoms with Crippen molar-refractivity contribution in [3.63, 3.8) is 0 Å². The second kappa shape index (κ2) is 2.64. The summed E-state index contributed by atoms with van der Waals surface area (Å²) in [6, 6.07) is 0. The fourth-order valence-electron chi connectivity index (χ4n) is 0.726. The van der Waals surface area contributed by atoms with Crippen molar-refractivity contribution in [2.45, 2.75) is 22.4 Å². The van der Waals surface area contributed by atoms with E-state index in [4.69, 9.17) is 5.73 Å². The van der Waals surface area contributed by atoms with E-state index in [1.54, 1.807) is 0 Å². The molecule has 1 fully saturated rings. The van der Waals surface area contributed by atoms with Crippen LogP contribution in [-0.4, -0.2) is 15.9 Å². The van der Waals surface area contributed by atoms with Gasteiger partial charge in [-0.2, -0.15) is 0 Å². The summed E-state index contributed by atoms with van der Waals surface area (Å²) in [5.41, 5.74) is 5.58. The summed E-state index contributed by atoms with van der Waals surface area (Å²) in [4.78, 5) is 0.814. The van der Waals surface area contributed by atoms with Gasteiger partial charge in [0.05, 0.1) is 11.1 Å². The highest BCUT2D eigenvalue weighted by Gasteiger charge is 2.26. The Bertz CT molecular complexity index is 78.1. The molecule has 0 saturated carbocycles. The average Bonchev–Trinajstić information content (AvgIpc) is 1.85. The van der Waals surface area contributed by atoms with Crippen LogP contribution >= 0.6 is 31.9 Å². The van der Waals surface area contributed by atoms with Crippen molar-refractivity contribution >= 4 is 31.9 Å². The van der Waals surface area contributed by atoms with Gasteiger partial charge in [-0.05, 0) is 6.42 Å². The first-order valence-corrected chi connectivity index (χ1v) is 4.33. The van der Waals surface area contributed by atoms with Crippen molar-refractivity contribution in [1.82, 2.24) is 5.32 Å². The van der Waals surface area contributed by atoms with Gasteiger partial charge in [0.25, 0.3) is 0 Å². The van der Waals surface area contributed by atoms with E-state index in [0.717, 1.165) is 6.42 Å². The van der Waals surface area contributed by atoms with E-state index in [-0.39, 0.29) is 6.17 Å². The van der Waals surface area contributed by atoms with Crippen LogP contribution in [0.3, 0.4) is 0 Å². The van der Waals surface area contributed by atoms with Gasteiger partial charge >= 0.3 is 0 Å². The largest absolute Gasteiger partial charge is 0.315 e. The fourth-order valence-corrected chi connectivity index (χ4v) is 2.46. The summed E-state index contributed by atoms with van der Waals surface area (Å²) in [7, 11) is 0. The molecule has 3 N–H and O–H groups in total. The lowest BCUT2D eigenvalue weighted by Crippen LogP contribution is -2.37. The lowest BCUT2D eigenvalue weighted by molar-refractivity contribution is 0.638. The van der Waals surface area contributed by atoms with Gasteiger partial charge in [0.2, 0.25) is 0 Å². The maximum absolute atomic E-state index is 5.58. The molecule has 0 aromatic rings. The molecule has 0 bridgehead atoms. The smallest absolute Gasteiger partial charge is 0.0684 e. The quantitative estimate of drug-likeness (QED) is 0.487. The summed E-state index contributed by atoms with van der Waals surface area (Å²) in [5.74, 6) is 0. The van der Waals surface area contributed by atoms with Crippen LogP contribution in [0, 0.1) is 0 Å². The zero-order valence-corrected chi connectivity index (χ0v) is 7.44. The van der Waals surface area contributed by atoms with E-state index in [1.165, 1.54) is 0 Å². The summed E-state index contributed by atoms with van der Waals surface area (Å²) >= 11 is 6.82. The predicted octanol–water partition coefficient (Wildman–Crippen LogP) is 0.749. The lowest BCUT2D eigenvalue weighted by Gasteiger charge is -2.04. The molecular weight excluding hydrogens is 236 g/mol. The predicted molar refractivity (Wildman–Crippen MR) is 41.2 cm³/mol. The SMILES string of the molecule is NC1NC(Br)CC1Br. The molecule has 0 radical (unpaired) electrons. The van der Waals surface area contributed by atoms with Gasteiger partial charge in [0, 0.05) is 4.83 Å². The molecule has 2 nitrogen and oxygen atoms in total. The van der Waals surface area contributed by atoms with Gasteiger partial charge in [-0.1, -0.05) is 31.9 Å². The number of halogens is 2. The van der Waals surface area contributed by atoms with Crippen molar-refractivity contribution in [1.29, 1.82) is 0 Å². The third-order valence-corrected chi connectivity index (χ3v) is 2.78. The first-order valence-electron chi connectivity index (χ1n) is 2.50. The second-order valence-electron chi connectivity index (χ2n) is 1.91. The summed E-state index contributed by atoms with van der Waals surface area (Å²) in [5, 5.41) is 3.11. The van der Waals surface area contributed by atoms with Crippen LogP contribution in [0.5, 0.6) is 0 Å². The zero-order valence-electron chi connectivity index (χ0n) is 4.27. The average molecular weight is 244 g/mol. The van der Waals surface area contributed by atoms with Crippen molar-refractivity contribution in [3.05, 3.63) is 0 Å². The van der Waals surface area contributed by atoms with Crippen molar-refractivity contribution in [3.8, 4) is 0 Å². The lowest BCUT2D eigenvalue weighted by atomic mass is 10.3. The third kappa shape index (κ3) is 1.43. The van der Waals surface area contributed by atoms with Crippen LogP contribution in [0.4, 0.5) is 0 Å². The van der Waals surface area contributed by atoms with Crippen LogP contribution in [0.1, 0.15) is 6.42 Å². The Morgan fingerprint density at radius 3 is 2.25 bits per heavy atom. The van der Waals surface area contributed by atoms with Crippen LogP contribution in [0.2, 0.25) is 0 Å². The number of nitrogens with two attached hydrogens (primary N) is 1. The number of nitrogens with one attached hydrogen (secondary N) is 1. The molecule has 1 aliphatic heterocycles. The van der Waals surface area contributed by atoms with Gasteiger partial charge in [-0.25, -0.2) is 0 Å². The first-order chi connectivity index (χ1) is 3.70. The van der Waals surface area contributed by atoms with E-state index in [9.17, 15) is 0 Å². The summed E-state index contributed by atoms with van der Waals surface area (Å²) in [6.07, 6.45) is 1.17. The van der Waals surface area contributed by atoms with Crippen LogP contribution < -0.4 is 11.1 Å². The number of rotatable bonds is 0. The molecule has 8 heavy (non-hydrogen) atoms. The molecular formula is C4H8Br2N2. The van der Waals surface area contributed by atoms with Gasteiger partial charge < -0.3 is 5.73 Å².